The summed E-state index contributed by atoms with van der Waals surface area (Å²) in [6.07, 6.45) is 1.43. The highest BCUT2D eigenvalue weighted by Crippen LogP contribution is 2.45. The summed E-state index contributed by atoms with van der Waals surface area (Å²) in [5.74, 6) is 1.30. The predicted molar refractivity (Wildman–Crippen MR) is 83.2 cm³/mol. The Labute approximate surface area is 138 Å². The lowest BCUT2D eigenvalue weighted by molar-refractivity contribution is 0.103. The van der Waals surface area contributed by atoms with Crippen LogP contribution in [0.1, 0.15) is 31.2 Å². The fraction of sp³-hybridized carbons (Fsp3) is 0.312. The lowest BCUT2D eigenvalue weighted by Gasteiger charge is -2.12. The van der Waals surface area contributed by atoms with Crippen LogP contribution in [0.5, 0.6) is 17.4 Å². The molecule has 0 bridgehead atoms. The highest BCUT2D eigenvalue weighted by Gasteiger charge is 2.27. The molecule has 6 nitrogen and oxygen atoms in total. The summed E-state index contributed by atoms with van der Waals surface area (Å²) < 4.78 is 15.6. The van der Waals surface area contributed by atoms with Gasteiger partial charge in [-0.3, -0.25) is 0 Å². The number of rotatable bonds is 5. The molecule has 1 aliphatic rings. The molecule has 0 radical (unpaired) electrons. The molecular formula is C16H15ClN2O4. The van der Waals surface area contributed by atoms with Gasteiger partial charge in [0.15, 0.2) is 5.15 Å². The number of hydrogen-bond donors (Lipinski definition) is 0. The lowest BCUT2D eigenvalue weighted by atomic mass is 10.1. The van der Waals surface area contributed by atoms with Crippen molar-refractivity contribution in [2.24, 2.45) is 0 Å². The van der Waals surface area contributed by atoms with E-state index >= 15 is 0 Å². The maximum Gasteiger partial charge on any atom is 0.514 e. The van der Waals surface area contributed by atoms with Crippen LogP contribution in [0.3, 0.4) is 0 Å². The third kappa shape index (κ3) is 3.90. The second kappa shape index (κ2) is 6.83. The van der Waals surface area contributed by atoms with E-state index in [1.807, 2.05) is 24.3 Å². The van der Waals surface area contributed by atoms with Crippen LogP contribution in [-0.2, 0) is 4.74 Å². The quantitative estimate of drug-likeness (QED) is 0.758. The van der Waals surface area contributed by atoms with Crippen molar-refractivity contribution in [1.82, 2.24) is 10.2 Å². The molecule has 0 amide bonds. The van der Waals surface area contributed by atoms with E-state index < -0.39 is 6.16 Å². The Morgan fingerprint density at radius 1 is 1.26 bits per heavy atom. The highest BCUT2D eigenvalue weighted by molar-refractivity contribution is 6.29. The first-order valence-corrected chi connectivity index (χ1v) is 7.69. The van der Waals surface area contributed by atoms with Gasteiger partial charge in [-0.2, -0.15) is 0 Å². The molecule has 0 unspecified atom stereocenters. The third-order valence-electron chi connectivity index (χ3n) is 3.30. The van der Waals surface area contributed by atoms with Crippen LogP contribution < -0.4 is 9.47 Å². The minimum atomic E-state index is -0.850. The second-order valence-corrected chi connectivity index (χ2v) is 5.42. The highest BCUT2D eigenvalue weighted by atomic mass is 35.5. The van der Waals surface area contributed by atoms with Gasteiger partial charge in [0.1, 0.15) is 5.75 Å². The molecule has 1 aromatic heterocycles. The number of nitrogens with zero attached hydrogens (tertiary/aromatic N) is 2. The molecular weight excluding hydrogens is 320 g/mol. The molecule has 0 atom stereocenters. The summed E-state index contributed by atoms with van der Waals surface area (Å²) in [6.45, 7) is 1.88. The summed E-state index contributed by atoms with van der Waals surface area (Å²) in [5, 5.41) is 7.70. The van der Waals surface area contributed by atoms with Gasteiger partial charge >= 0.3 is 6.16 Å². The summed E-state index contributed by atoms with van der Waals surface area (Å²) in [7, 11) is 0. The lowest BCUT2D eigenvalue weighted by Crippen LogP contribution is -2.11. The van der Waals surface area contributed by atoms with E-state index in [-0.39, 0.29) is 23.4 Å². The molecule has 0 aliphatic heterocycles. The maximum absolute atomic E-state index is 11.5. The van der Waals surface area contributed by atoms with Crippen molar-refractivity contribution >= 4 is 17.8 Å². The number of para-hydroxylation sites is 1. The molecule has 2 aromatic rings. The van der Waals surface area contributed by atoms with Gasteiger partial charge in [-0.15, -0.1) is 10.2 Å². The van der Waals surface area contributed by atoms with E-state index in [9.17, 15) is 4.79 Å². The number of ether oxygens (including phenoxy) is 3. The smallest absolute Gasteiger partial charge is 0.435 e. The topological polar surface area (TPSA) is 70.5 Å². The van der Waals surface area contributed by atoms with Crippen LogP contribution >= 0.6 is 11.6 Å². The minimum Gasteiger partial charge on any atom is -0.435 e. The van der Waals surface area contributed by atoms with Crippen molar-refractivity contribution in [2.75, 3.05) is 6.61 Å². The maximum atomic E-state index is 11.5. The zero-order valence-corrected chi connectivity index (χ0v) is 13.2. The molecule has 0 saturated heterocycles. The molecule has 23 heavy (non-hydrogen) atoms. The van der Waals surface area contributed by atoms with Gasteiger partial charge in [0.05, 0.1) is 6.61 Å². The standard InChI is InChI=1S/C16H15ClN2O4/c1-2-21-16(20)23-13-9-14(17)18-19-15(13)22-12-6-4-3-5-11(12)10-7-8-10/h3-6,9-10H,2,7-8H2,1H3. The zero-order chi connectivity index (χ0) is 16.2. The van der Waals surface area contributed by atoms with E-state index in [1.54, 1.807) is 6.92 Å². The van der Waals surface area contributed by atoms with E-state index in [0.717, 1.165) is 18.4 Å². The predicted octanol–water partition coefficient (Wildman–Crippen LogP) is 4.34. The van der Waals surface area contributed by atoms with Crippen LogP contribution in [0.15, 0.2) is 30.3 Å². The van der Waals surface area contributed by atoms with Crippen LogP contribution in [0.4, 0.5) is 4.79 Å². The largest absolute Gasteiger partial charge is 0.514 e. The minimum absolute atomic E-state index is 0.0639. The molecule has 7 heteroatoms. The number of benzene rings is 1. The van der Waals surface area contributed by atoms with Gasteiger partial charge in [0, 0.05) is 6.07 Å². The van der Waals surface area contributed by atoms with Gasteiger partial charge in [-0.25, -0.2) is 4.79 Å². The van der Waals surface area contributed by atoms with Crippen molar-refractivity contribution < 1.29 is 19.0 Å². The van der Waals surface area contributed by atoms with Crippen molar-refractivity contribution in [3.63, 3.8) is 0 Å². The Balaban J connectivity index is 1.86. The van der Waals surface area contributed by atoms with E-state index in [1.165, 1.54) is 6.07 Å². The molecule has 0 spiro atoms. The fourth-order valence-corrected chi connectivity index (χ4v) is 2.27. The van der Waals surface area contributed by atoms with Crippen molar-refractivity contribution in [2.45, 2.75) is 25.7 Å². The first-order valence-electron chi connectivity index (χ1n) is 7.32. The molecule has 1 aliphatic carbocycles. The monoisotopic (exact) mass is 334 g/mol. The fourth-order valence-electron chi connectivity index (χ4n) is 2.13. The first-order chi connectivity index (χ1) is 11.2. The Bertz CT molecular complexity index is 719. The summed E-state index contributed by atoms with van der Waals surface area (Å²) in [4.78, 5) is 11.5. The SMILES string of the molecule is CCOC(=O)Oc1cc(Cl)nnc1Oc1ccccc1C1CC1. The first kappa shape index (κ1) is 15.6. The Morgan fingerprint density at radius 2 is 2.04 bits per heavy atom. The second-order valence-electron chi connectivity index (χ2n) is 5.04. The summed E-state index contributed by atoms with van der Waals surface area (Å²) in [5.41, 5.74) is 1.10. The average molecular weight is 335 g/mol. The number of hydrogen-bond acceptors (Lipinski definition) is 6. The molecule has 1 saturated carbocycles. The average Bonchev–Trinajstić information content (AvgIpc) is 3.35. The van der Waals surface area contributed by atoms with E-state index in [2.05, 4.69) is 10.2 Å². The Kier molecular flexibility index (Phi) is 4.62. The van der Waals surface area contributed by atoms with Crippen molar-refractivity contribution in [3.05, 3.63) is 41.0 Å². The van der Waals surface area contributed by atoms with E-state index in [4.69, 9.17) is 25.8 Å². The van der Waals surface area contributed by atoms with Gasteiger partial charge in [0.25, 0.3) is 5.88 Å². The van der Waals surface area contributed by atoms with Crippen LogP contribution in [0.2, 0.25) is 5.15 Å². The molecule has 1 fully saturated rings. The Hall–Kier alpha value is -2.34. The summed E-state index contributed by atoms with van der Waals surface area (Å²) in [6, 6.07) is 9.06. The molecule has 3 rings (SSSR count). The van der Waals surface area contributed by atoms with Gasteiger partial charge in [-0.05, 0) is 37.3 Å². The van der Waals surface area contributed by atoms with Crippen LogP contribution in [0, 0.1) is 0 Å². The van der Waals surface area contributed by atoms with Crippen LogP contribution in [-0.4, -0.2) is 23.0 Å². The van der Waals surface area contributed by atoms with Gasteiger partial charge in [0.2, 0.25) is 5.75 Å². The summed E-state index contributed by atoms with van der Waals surface area (Å²) >= 11 is 5.81. The van der Waals surface area contributed by atoms with Crippen molar-refractivity contribution in [3.8, 4) is 17.4 Å². The molecule has 1 heterocycles. The zero-order valence-electron chi connectivity index (χ0n) is 12.5. The number of carbonyl (C=O) groups excluding carboxylic acids is 1. The number of aromatic nitrogens is 2. The van der Waals surface area contributed by atoms with Gasteiger partial charge in [-0.1, -0.05) is 29.8 Å². The molecule has 0 N–H and O–H groups in total. The molecule has 120 valence electrons. The number of halogens is 1. The molecule has 1 aromatic carbocycles. The van der Waals surface area contributed by atoms with Crippen molar-refractivity contribution in [1.29, 1.82) is 0 Å². The Morgan fingerprint density at radius 3 is 2.78 bits per heavy atom. The van der Waals surface area contributed by atoms with Gasteiger partial charge < -0.3 is 14.2 Å². The van der Waals surface area contributed by atoms with E-state index in [0.29, 0.717) is 11.7 Å². The normalized spacial score (nSPS) is 13.5. The third-order valence-corrected chi connectivity index (χ3v) is 3.48. The van der Waals surface area contributed by atoms with Crippen LogP contribution in [0.25, 0.3) is 0 Å². The number of carbonyl (C=O) groups is 1.